The van der Waals surface area contributed by atoms with Gasteiger partial charge in [-0.15, -0.1) is 8.78 Å². The largest absolute Gasteiger partial charge is 0.487 e. The van der Waals surface area contributed by atoms with Crippen molar-refractivity contribution in [2.45, 2.75) is 5.57 Å². The molecule has 0 aliphatic carbocycles. The van der Waals surface area contributed by atoms with Crippen molar-refractivity contribution in [3.8, 4) is 11.8 Å². The Balaban J connectivity index is 1.76. The Labute approximate surface area is 153 Å². The van der Waals surface area contributed by atoms with Gasteiger partial charge in [-0.25, -0.2) is 0 Å². The van der Waals surface area contributed by atoms with Crippen molar-refractivity contribution in [2.75, 3.05) is 43.6 Å². The lowest BCUT2D eigenvalue weighted by Crippen LogP contribution is -2.37. The number of halogens is 3. The molecule has 0 spiro atoms. The van der Waals surface area contributed by atoms with Gasteiger partial charge in [0.15, 0.2) is 0 Å². The third-order valence-corrected chi connectivity index (χ3v) is 3.50. The number of methoxy groups -OCH3 is 1. The fourth-order valence-corrected chi connectivity index (χ4v) is 2.36. The Hall–Kier alpha value is -2.46. The maximum atomic E-state index is 12.6. The van der Waals surface area contributed by atoms with E-state index in [2.05, 4.69) is 25.0 Å². The number of hydrogen-bond acceptors (Lipinski definition) is 8. The summed E-state index contributed by atoms with van der Waals surface area (Å²) in [5.41, 5.74) is -3.19. The first-order valence-electron chi connectivity index (χ1n) is 7.68. The molecule has 140 valence electrons. The normalized spacial score (nSPS) is 14.8. The monoisotopic (exact) mass is 387 g/mol. The van der Waals surface area contributed by atoms with Crippen LogP contribution in [0.5, 0.6) is 11.8 Å². The smallest absolute Gasteiger partial charge is 0.467 e. The summed E-state index contributed by atoms with van der Waals surface area (Å²) in [7, 11) is 1.46. The van der Waals surface area contributed by atoms with Gasteiger partial charge in [0, 0.05) is 30.4 Å². The minimum atomic E-state index is -3.76. The van der Waals surface area contributed by atoms with Gasteiger partial charge in [0.05, 0.1) is 20.3 Å². The number of morpholine rings is 1. The number of ether oxygens (including phenoxy) is 3. The van der Waals surface area contributed by atoms with Gasteiger partial charge in [-0.2, -0.15) is 15.0 Å². The van der Waals surface area contributed by atoms with E-state index in [1.54, 1.807) is 0 Å². The summed E-state index contributed by atoms with van der Waals surface area (Å²) in [6, 6.07) is 5.91. The topological polar surface area (TPSA) is 81.6 Å². The first-order chi connectivity index (χ1) is 12.4. The first-order valence-corrected chi connectivity index (χ1v) is 8.06. The average Bonchev–Trinajstić information content (AvgIpc) is 2.62. The number of aromatic nitrogens is 3. The SMILES string of the molecule is COc1nc(Nc2ccc(OC(F)(F)Cl)cc2)nc(N2CCOCC2)n1. The van der Waals surface area contributed by atoms with E-state index >= 15 is 0 Å². The van der Waals surface area contributed by atoms with Crippen molar-refractivity contribution in [1.82, 2.24) is 15.0 Å². The van der Waals surface area contributed by atoms with E-state index in [9.17, 15) is 8.78 Å². The number of anilines is 3. The number of nitrogens with one attached hydrogen (secondary N) is 1. The highest BCUT2D eigenvalue weighted by Gasteiger charge is 2.27. The minimum absolute atomic E-state index is 0.0715. The summed E-state index contributed by atoms with van der Waals surface area (Å²) in [5.74, 6) is 0.650. The zero-order chi connectivity index (χ0) is 18.6. The summed E-state index contributed by atoms with van der Waals surface area (Å²) in [4.78, 5) is 14.7. The van der Waals surface area contributed by atoms with Gasteiger partial charge < -0.3 is 24.4 Å². The van der Waals surface area contributed by atoms with Crippen LogP contribution in [0.1, 0.15) is 0 Å². The molecule has 1 aromatic carbocycles. The summed E-state index contributed by atoms with van der Waals surface area (Å²) in [6.07, 6.45) is 0. The van der Waals surface area contributed by atoms with E-state index in [1.807, 2.05) is 4.90 Å². The standard InChI is InChI=1S/C15H16ClF2N5O3/c1-24-14-21-12(20-13(22-14)23-6-8-25-9-7-23)19-10-2-4-11(5-3-10)26-15(16,17)18/h2-5H,6-9H2,1H3,(H,19,20,21,22). The van der Waals surface area contributed by atoms with Crippen molar-refractivity contribution in [3.63, 3.8) is 0 Å². The van der Waals surface area contributed by atoms with Gasteiger partial charge in [-0.3, -0.25) is 0 Å². The van der Waals surface area contributed by atoms with Crippen molar-refractivity contribution in [1.29, 1.82) is 0 Å². The quantitative estimate of drug-likeness (QED) is 0.757. The molecule has 0 radical (unpaired) electrons. The summed E-state index contributed by atoms with van der Waals surface area (Å²) < 4.78 is 40.0. The first kappa shape index (κ1) is 18.3. The van der Waals surface area contributed by atoms with Gasteiger partial charge in [0.25, 0.3) is 0 Å². The van der Waals surface area contributed by atoms with Crippen LogP contribution in [0.2, 0.25) is 0 Å². The number of rotatable bonds is 6. The number of nitrogens with zero attached hydrogens (tertiary/aromatic N) is 4. The molecule has 1 aliphatic heterocycles. The van der Waals surface area contributed by atoms with Crippen LogP contribution >= 0.6 is 11.6 Å². The fourth-order valence-electron chi connectivity index (χ4n) is 2.27. The molecule has 0 amide bonds. The molecule has 8 nitrogen and oxygen atoms in total. The number of alkyl halides is 3. The molecule has 0 unspecified atom stereocenters. The van der Waals surface area contributed by atoms with Crippen molar-refractivity contribution in [3.05, 3.63) is 24.3 Å². The third kappa shape index (κ3) is 5.02. The molecule has 1 saturated heterocycles. The van der Waals surface area contributed by atoms with Crippen molar-refractivity contribution < 1.29 is 23.0 Å². The average molecular weight is 388 g/mol. The Morgan fingerprint density at radius 1 is 1.15 bits per heavy atom. The molecule has 1 N–H and O–H groups in total. The van der Waals surface area contributed by atoms with Crippen LogP contribution in [-0.4, -0.2) is 53.9 Å². The van der Waals surface area contributed by atoms with Crippen LogP contribution in [0, 0.1) is 0 Å². The van der Waals surface area contributed by atoms with E-state index < -0.39 is 5.57 Å². The van der Waals surface area contributed by atoms with Gasteiger partial charge >= 0.3 is 11.6 Å². The summed E-state index contributed by atoms with van der Waals surface area (Å²) >= 11 is 4.74. The molecule has 3 rings (SSSR count). The minimum Gasteiger partial charge on any atom is -0.467 e. The van der Waals surface area contributed by atoms with Crippen molar-refractivity contribution in [2.24, 2.45) is 0 Å². The van der Waals surface area contributed by atoms with Crippen molar-refractivity contribution >= 4 is 29.2 Å². The molecule has 11 heteroatoms. The highest BCUT2D eigenvalue weighted by molar-refractivity contribution is 6.20. The lowest BCUT2D eigenvalue weighted by atomic mass is 10.3. The molecule has 0 atom stereocenters. The Bertz CT molecular complexity index is 739. The van der Waals surface area contributed by atoms with E-state index in [-0.39, 0.29) is 17.7 Å². The maximum Gasteiger partial charge on any atom is 0.487 e. The molecule has 1 aromatic heterocycles. The zero-order valence-corrected chi connectivity index (χ0v) is 14.5. The van der Waals surface area contributed by atoms with Gasteiger partial charge in [0.2, 0.25) is 11.9 Å². The third-order valence-electron chi connectivity index (χ3n) is 3.42. The second kappa shape index (κ2) is 7.83. The molecule has 26 heavy (non-hydrogen) atoms. The van der Waals surface area contributed by atoms with E-state index in [0.29, 0.717) is 37.9 Å². The number of benzene rings is 1. The zero-order valence-electron chi connectivity index (χ0n) is 13.8. The Morgan fingerprint density at radius 3 is 2.46 bits per heavy atom. The van der Waals surface area contributed by atoms with Crippen LogP contribution in [0.3, 0.4) is 0 Å². The van der Waals surface area contributed by atoms with E-state index in [0.717, 1.165) is 0 Å². The van der Waals surface area contributed by atoms with Crippen LogP contribution in [0.4, 0.5) is 26.4 Å². The predicted octanol–water partition coefficient (Wildman–Crippen LogP) is 2.63. The van der Waals surface area contributed by atoms with E-state index in [1.165, 1.54) is 31.4 Å². The van der Waals surface area contributed by atoms with Crippen LogP contribution in [0.15, 0.2) is 24.3 Å². The van der Waals surface area contributed by atoms with Crippen LogP contribution in [0.25, 0.3) is 0 Å². The lowest BCUT2D eigenvalue weighted by Gasteiger charge is -2.26. The highest BCUT2D eigenvalue weighted by atomic mass is 35.5. The van der Waals surface area contributed by atoms with Crippen LogP contribution < -0.4 is 19.7 Å². The summed E-state index contributed by atoms with van der Waals surface area (Å²) in [6.45, 7) is 2.49. The second-order valence-electron chi connectivity index (χ2n) is 5.24. The molecule has 2 aromatic rings. The predicted molar refractivity (Wildman–Crippen MR) is 90.6 cm³/mol. The molecule has 2 heterocycles. The van der Waals surface area contributed by atoms with Crippen LogP contribution in [-0.2, 0) is 4.74 Å². The van der Waals surface area contributed by atoms with E-state index in [4.69, 9.17) is 21.1 Å². The Morgan fingerprint density at radius 2 is 1.85 bits per heavy atom. The highest BCUT2D eigenvalue weighted by Crippen LogP contribution is 2.27. The summed E-state index contributed by atoms with van der Waals surface area (Å²) in [5, 5.41) is 2.97. The molecule has 0 bridgehead atoms. The lowest BCUT2D eigenvalue weighted by molar-refractivity contribution is -0.0964. The van der Waals surface area contributed by atoms with Gasteiger partial charge in [-0.1, -0.05) is 0 Å². The van der Waals surface area contributed by atoms with Gasteiger partial charge in [-0.05, 0) is 24.3 Å². The molecular formula is C15H16ClF2N5O3. The molecular weight excluding hydrogens is 372 g/mol. The molecule has 1 fully saturated rings. The fraction of sp³-hybridized carbons (Fsp3) is 0.400. The maximum absolute atomic E-state index is 12.6. The molecule has 0 saturated carbocycles. The molecule has 1 aliphatic rings. The Kier molecular flexibility index (Phi) is 5.52. The van der Waals surface area contributed by atoms with Gasteiger partial charge in [0.1, 0.15) is 5.75 Å². The second-order valence-corrected chi connectivity index (χ2v) is 5.68. The number of hydrogen-bond donors (Lipinski definition) is 1.